The Bertz CT molecular complexity index is 1080. The van der Waals surface area contributed by atoms with Gasteiger partial charge in [0.05, 0.1) is 22.2 Å². The number of fused-ring (bicyclic) bond motifs is 4. The second-order valence-corrected chi connectivity index (χ2v) is 7.10. The zero-order valence-corrected chi connectivity index (χ0v) is 16.0. The Kier molecular flexibility index (Phi) is 4.62. The zero-order valence-electron chi connectivity index (χ0n) is 16.0. The van der Waals surface area contributed by atoms with Crippen molar-refractivity contribution >= 4 is 27.3 Å². The molecule has 134 valence electrons. The molecule has 26 heavy (non-hydrogen) atoms. The average Bonchev–Trinajstić information content (AvgIpc) is 3.06. The molecule has 0 unspecified atom stereocenters. The van der Waals surface area contributed by atoms with E-state index < -0.39 is 0 Å². The molecule has 0 atom stereocenters. The Hall–Kier alpha value is -2.42. The largest absolute Gasteiger partial charge is 0.248 e. The van der Waals surface area contributed by atoms with Gasteiger partial charge in [0.25, 0.3) is 0 Å². The quantitative estimate of drug-likeness (QED) is 0.322. The summed E-state index contributed by atoms with van der Waals surface area (Å²) in [7, 11) is 0. The molecular formula is C23H27N3. The molecule has 0 aliphatic rings. The maximum Gasteiger partial charge on any atom is 0.0793 e. The SMILES string of the molecule is CCCCCc1cc2nc3ccccc3cc2c2c(CC)c(CC)nn12. The number of pyridine rings is 2. The van der Waals surface area contributed by atoms with Crippen molar-refractivity contribution in [1.29, 1.82) is 0 Å². The van der Waals surface area contributed by atoms with E-state index in [4.69, 9.17) is 10.1 Å². The van der Waals surface area contributed by atoms with Gasteiger partial charge in [-0.05, 0) is 43.9 Å². The van der Waals surface area contributed by atoms with Gasteiger partial charge < -0.3 is 0 Å². The number of hydrogen-bond donors (Lipinski definition) is 0. The number of benzene rings is 1. The molecule has 0 amide bonds. The topological polar surface area (TPSA) is 30.2 Å². The van der Waals surface area contributed by atoms with Crippen LogP contribution in [0.1, 0.15) is 57.0 Å². The second-order valence-electron chi connectivity index (χ2n) is 7.10. The van der Waals surface area contributed by atoms with E-state index in [0.29, 0.717) is 0 Å². The van der Waals surface area contributed by atoms with Crippen LogP contribution in [0.25, 0.3) is 27.3 Å². The van der Waals surface area contributed by atoms with Gasteiger partial charge in [0, 0.05) is 22.0 Å². The van der Waals surface area contributed by atoms with Crippen molar-refractivity contribution in [3.05, 3.63) is 53.3 Å². The van der Waals surface area contributed by atoms with Gasteiger partial charge in [-0.2, -0.15) is 5.10 Å². The summed E-state index contributed by atoms with van der Waals surface area (Å²) in [6, 6.07) is 13.0. The normalized spacial score (nSPS) is 11.8. The van der Waals surface area contributed by atoms with Crippen LogP contribution in [0.5, 0.6) is 0 Å². The third kappa shape index (κ3) is 2.76. The van der Waals surface area contributed by atoms with Gasteiger partial charge in [0.1, 0.15) is 0 Å². The van der Waals surface area contributed by atoms with Gasteiger partial charge in [-0.3, -0.25) is 0 Å². The van der Waals surface area contributed by atoms with Crippen LogP contribution in [0.2, 0.25) is 0 Å². The predicted octanol–water partition coefficient (Wildman–Crippen LogP) is 5.89. The molecule has 0 fully saturated rings. The summed E-state index contributed by atoms with van der Waals surface area (Å²) in [6.07, 6.45) is 6.73. The lowest BCUT2D eigenvalue weighted by molar-refractivity contribution is 0.690. The third-order valence-electron chi connectivity index (χ3n) is 5.38. The van der Waals surface area contributed by atoms with E-state index in [1.54, 1.807) is 0 Å². The maximum absolute atomic E-state index is 5.00. The highest BCUT2D eigenvalue weighted by Crippen LogP contribution is 2.30. The van der Waals surface area contributed by atoms with Crippen LogP contribution in [0, 0.1) is 0 Å². The molecule has 0 spiro atoms. The summed E-state index contributed by atoms with van der Waals surface area (Å²) in [6.45, 7) is 6.69. The fraction of sp³-hybridized carbons (Fsp3) is 0.391. The molecule has 4 rings (SSSR count). The van der Waals surface area contributed by atoms with Crippen molar-refractivity contribution in [2.24, 2.45) is 0 Å². The molecular weight excluding hydrogens is 318 g/mol. The fourth-order valence-electron chi connectivity index (χ4n) is 4.02. The minimum Gasteiger partial charge on any atom is -0.248 e. The predicted molar refractivity (Wildman–Crippen MR) is 110 cm³/mol. The molecule has 3 heteroatoms. The van der Waals surface area contributed by atoms with Crippen molar-refractivity contribution in [2.45, 2.75) is 59.3 Å². The Morgan fingerprint density at radius 3 is 2.54 bits per heavy atom. The maximum atomic E-state index is 5.00. The number of para-hydroxylation sites is 1. The number of aryl methyl sites for hydroxylation is 3. The van der Waals surface area contributed by atoms with E-state index in [1.807, 2.05) is 0 Å². The van der Waals surface area contributed by atoms with E-state index in [-0.39, 0.29) is 0 Å². The summed E-state index contributed by atoms with van der Waals surface area (Å²) in [5.74, 6) is 0. The van der Waals surface area contributed by atoms with Crippen LogP contribution in [0.4, 0.5) is 0 Å². The van der Waals surface area contributed by atoms with Gasteiger partial charge in [-0.25, -0.2) is 9.50 Å². The summed E-state index contributed by atoms with van der Waals surface area (Å²) >= 11 is 0. The first-order chi connectivity index (χ1) is 12.8. The fourth-order valence-corrected chi connectivity index (χ4v) is 4.02. The summed E-state index contributed by atoms with van der Waals surface area (Å²) in [5, 5.41) is 7.42. The molecule has 3 nitrogen and oxygen atoms in total. The standard InChI is InChI=1S/C23H27N3/c1-4-7-8-12-17-15-22-19(14-16-11-9-10-13-21(16)24-22)23-18(5-2)20(6-3)25-26(17)23/h9-11,13-15H,4-8,12H2,1-3H3. The van der Waals surface area contributed by atoms with Gasteiger partial charge in [-0.1, -0.05) is 51.8 Å². The van der Waals surface area contributed by atoms with E-state index >= 15 is 0 Å². The van der Waals surface area contributed by atoms with Gasteiger partial charge in [0.2, 0.25) is 0 Å². The first-order valence-electron chi connectivity index (χ1n) is 9.98. The minimum atomic E-state index is 0.974. The molecule has 0 N–H and O–H groups in total. The number of aromatic nitrogens is 3. The highest BCUT2D eigenvalue weighted by atomic mass is 15.2. The van der Waals surface area contributed by atoms with Gasteiger partial charge in [0.15, 0.2) is 0 Å². The molecule has 0 bridgehead atoms. The molecule has 0 radical (unpaired) electrons. The van der Waals surface area contributed by atoms with E-state index in [9.17, 15) is 0 Å². The van der Waals surface area contributed by atoms with Crippen LogP contribution < -0.4 is 0 Å². The van der Waals surface area contributed by atoms with Crippen LogP contribution in [0.15, 0.2) is 36.4 Å². The highest BCUT2D eigenvalue weighted by Gasteiger charge is 2.17. The van der Waals surface area contributed by atoms with E-state index in [0.717, 1.165) is 30.3 Å². The molecule has 4 aromatic rings. The molecule has 0 saturated carbocycles. The Labute approximate surface area is 155 Å². The number of rotatable bonds is 6. The number of nitrogens with zero attached hydrogens (tertiary/aromatic N) is 3. The van der Waals surface area contributed by atoms with Crippen LogP contribution in [-0.2, 0) is 19.3 Å². The van der Waals surface area contributed by atoms with Crippen LogP contribution in [0.3, 0.4) is 0 Å². The molecule has 0 aliphatic carbocycles. The lowest BCUT2D eigenvalue weighted by Crippen LogP contribution is -2.01. The van der Waals surface area contributed by atoms with Crippen LogP contribution >= 0.6 is 0 Å². The van der Waals surface area contributed by atoms with Gasteiger partial charge in [-0.15, -0.1) is 0 Å². The van der Waals surface area contributed by atoms with Crippen molar-refractivity contribution in [3.8, 4) is 0 Å². The lowest BCUT2D eigenvalue weighted by Gasteiger charge is -2.10. The lowest BCUT2D eigenvalue weighted by atomic mass is 10.0. The summed E-state index contributed by atoms with van der Waals surface area (Å²) in [4.78, 5) is 4.99. The summed E-state index contributed by atoms with van der Waals surface area (Å²) in [5.41, 5.74) is 7.33. The number of unbranched alkanes of at least 4 members (excludes halogenated alkanes) is 2. The molecule has 0 saturated heterocycles. The Balaban J connectivity index is 2.06. The molecule has 0 aliphatic heterocycles. The summed E-state index contributed by atoms with van der Waals surface area (Å²) < 4.78 is 2.21. The van der Waals surface area contributed by atoms with E-state index in [2.05, 4.69) is 61.7 Å². The van der Waals surface area contributed by atoms with Crippen molar-refractivity contribution in [3.63, 3.8) is 0 Å². The third-order valence-corrected chi connectivity index (χ3v) is 5.38. The molecule has 3 aromatic heterocycles. The molecule has 3 heterocycles. The Morgan fingerprint density at radius 1 is 0.923 bits per heavy atom. The first kappa shape index (κ1) is 17.0. The highest BCUT2D eigenvalue weighted by molar-refractivity contribution is 6.02. The van der Waals surface area contributed by atoms with E-state index in [1.165, 1.54) is 52.5 Å². The van der Waals surface area contributed by atoms with Crippen molar-refractivity contribution < 1.29 is 0 Å². The van der Waals surface area contributed by atoms with Crippen LogP contribution in [-0.4, -0.2) is 14.6 Å². The molecule has 1 aromatic carbocycles. The Morgan fingerprint density at radius 2 is 1.77 bits per heavy atom. The minimum absolute atomic E-state index is 0.974. The smallest absolute Gasteiger partial charge is 0.0793 e. The van der Waals surface area contributed by atoms with Crippen molar-refractivity contribution in [1.82, 2.24) is 14.6 Å². The number of hydrogen-bond acceptors (Lipinski definition) is 2. The second kappa shape index (κ2) is 7.06. The monoisotopic (exact) mass is 345 g/mol. The first-order valence-corrected chi connectivity index (χ1v) is 9.98. The average molecular weight is 345 g/mol. The zero-order chi connectivity index (χ0) is 18.1. The van der Waals surface area contributed by atoms with Gasteiger partial charge >= 0.3 is 0 Å². The van der Waals surface area contributed by atoms with Crippen molar-refractivity contribution in [2.75, 3.05) is 0 Å².